The largest absolute Gasteiger partial charge is 0.324 e. The van der Waals surface area contributed by atoms with Crippen molar-refractivity contribution >= 4 is 5.78 Å². The molecule has 0 bridgehead atoms. The molecular weight excluding hydrogens is 174 g/mol. The van der Waals surface area contributed by atoms with Gasteiger partial charge in [-0.3, -0.25) is 4.79 Å². The second-order valence-corrected chi connectivity index (χ2v) is 4.13. The zero-order valence-electron chi connectivity index (χ0n) is 9.72. The molecular formula is C12H25NO. The number of carbonyl (C=O) groups excluding carboxylic acids is 1. The third-order valence-corrected chi connectivity index (χ3v) is 2.74. The summed E-state index contributed by atoms with van der Waals surface area (Å²) < 4.78 is 0. The molecule has 0 heterocycles. The fourth-order valence-electron chi connectivity index (χ4n) is 1.59. The molecule has 14 heavy (non-hydrogen) atoms. The normalized spacial score (nSPS) is 12.8. The van der Waals surface area contributed by atoms with Gasteiger partial charge in [0.15, 0.2) is 0 Å². The van der Waals surface area contributed by atoms with Crippen molar-refractivity contribution in [2.75, 3.05) is 6.54 Å². The maximum atomic E-state index is 11.2. The molecule has 0 amide bonds. The molecule has 0 aromatic rings. The van der Waals surface area contributed by atoms with Crippen LogP contribution in [0.15, 0.2) is 0 Å². The highest BCUT2D eigenvalue weighted by Gasteiger charge is 2.09. The van der Waals surface area contributed by atoms with E-state index in [0.29, 0.717) is 0 Å². The third-order valence-electron chi connectivity index (χ3n) is 2.74. The van der Waals surface area contributed by atoms with Crippen molar-refractivity contribution in [1.82, 2.24) is 0 Å². The highest BCUT2D eigenvalue weighted by molar-refractivity contribution is 5.82. The van der Waals surface area contributed by atoms with Crippen LogP contribution in [0.2, 0.25) is 0 Å². The van der Waals surface area contributed by atoms with Gasteiger partial charge < -0.3 is 5.73 Å². The molecule has 0 aliphatic rings. The number of ketones is 1. The van der Waals surface area contributed by atoms with Gasteiger partial charge in [0, 0.05) is 5.92 Å². The molecule has 0 rings (SSSR count). The Morgan fingerprint density at radius 2 is 1.71 bits per heavy atom. The van der Waals surface area contributed by atoms with Crippen LogP contribution in [0.4, 0.5) is 0 Å². The van der Waals surface area contributed by atoms with Crippen LogP contribution in [0.1, 0.15) is 58.8 Å². The topological polar surface area (TPSA) is 43.1 Å². The molecule has 0 saturated carbocycles. The Hall–Kier alpha value is -0.370. The van der Waals surface area contributed by atoms with E-state index in [1.807, 2.05) is 6.92 Å². The van der Waals surface area contributed by atoms with Gasteiger partial charge in [-0.1, -0.05) is 52.4 Å². The van der Waals surface area contributed by atoms with E-state index in [2.05, 4.69) is 6.92 Å². The molecule has 0 aliphatic carbocycles. The van der Waals surface area contributed by atoms with E-state index in [1.165, 1.54) is 38.5 Å². The third kappa shape index (κ3) is 7.07. The van der Waals surface area contributed by atoms with Gasteiger partial charge in [-0.05, 0) is 6.42 Å². The van der Waals surface area contributed by atoms with E-state index in [9.17, 15) is 4.79 Å². The van der Waals surface area contributed by atoms with Crippen molar-refractivity contribution in [3.8, 4) is 0 Å². The first-order valence-corrected chi connectivity index (χ1v) is 5.95. The number of hydrogen-bond donors (Lipinski definition) is 1. The fraction of sp³-hybridized carbons (Fsp3) is 0.917. The number of rotatable bonds is 9. The molecule has 0 fully saturated rings. The number of nitrogens with two attached hydrogens (primary N) is 1. The van der Waals surface area contributed by atoms with Crippen LogP contribution in [0.3, 0.4) is 0 Å². The van der Waals surface area contributed by atoms with Gasteiger partial charge in [0.25, 0.3) is 0 Å². The number of carbonyl (C=O) groups is 1. The lowest BCUT2D eigenvalue weighted by Crippen LogP contribution is -2.20. The lowest BCUT2D eigenvalue weighted by atomic mass is 9.98. The summed E-state index contributed by atoms with van der Waals surface area (Å²) in [6.45, 7) is 4.42. The molecule has 2 N–H and O–H groups in total. The maximum absolute atomic E-state index is 11.2. The number of unbranched alkanes of at least 4 members (excludes halogenated alkanes) is 5. The van der Waals surface area contributed by atoms with Crippen LogP contribution in [0.25, 0.3) is 0 Å². The van der Waals surface area contributed by atoms with Gasteiger partial charge in [-0.15, -0.1) is 0 Å². The average molecular weight is 199 g/mol. The first kappa shape index (κ1) is 13.6. The molecule has 0 aliphatic heterocycles. The molecule has 0 aromatic heterocycles. The second-order valence-electron chi connectivity index (χ2n) is 4.13. The monoisotopic (exact) mass is 199 g/mol. The fourth-order valence-corrected chi connectivity index (χ4v) is 1.59. The summed E-state index contributed by atoms with van der Waals surface area (Å²) in [6.07, 6.45) is 8.76. The molecule has 2 nitrogen and oxygen atoms in total. The molecule has 0 saturated heterocycles. The minimum atomic E-state index is 0.172. The summed E-state index contributed by atoms with van der Waals surface area (Å²) in [5.41, 5.74) is 5.29. The molecule has 0 spiro atoms. The molecule has 2 heteroatoms. The van der Waals surface area contributed by atoms with Gasteiger partial charge in [0.2, 0.25) is 0 Å². The zero-order valence-corrected chi connectivity index (χ0v) is 9.72. The van der Waals surface area contributed by atoms with Crippen LogP contribution < -0.4 is 5.73 Å². The van der Waals surface area contributed by atoms with Crippen molar-refractivity contribution in [2.24, 2.45) is 11.7 Å². The van der Waals surface area contributed by atoms with Crippen LogP contribution >= 0.6 is 0 Å². The first-order valence-electron chi connectivity index (χ1n) is 5.95. The minimum Gasteiger partial charge on any atom is -0.324 e. The molecule has 1 unspecified atom stereocenters. The molecule has 84 valence electrons. The van der Waals surface area contributed by atoms with Gasteiger partial charge in [-0.25, -0.2) is 0 Å². The zero-order chi connectivity index (χ0) is 10.8. The van der Waals surface area contributed by atoms with E-state index in [-0.39, 0.29) is 18.2 Å². The van der Waals surface area contributed by atoms with Crippen molar-refractivity contribution in [1.29, 1.82) is 0 Å². The molecule has 0 aromatic carbocycles. The summed E-state index contributed by atoms with van der Waals surface area (Å²) in [5.74, 6) is 0.379. The maximum Gasteiger partial charge on any atom is 0.149 e. The summed E-state index contributed by atoms with van der Waals surface area (Å²) in [4.78, 5) is 11.2. The minimum absolute atomic E-state index is 0.172. The van der Waals surface area contributed by atoms with E-state index in [1.54, 1.807) is 0 Å². The smallest absolute Gasteiger partial charge is 0.149 e. The summed E-state index contributed by atoms with van der Waals surface area (Å²) in [6, 6.07) is 0. The van der Waals surface area contributed by atoms with Crippen molar-refractivity contribution in [3.63, 3.8) is 0 Å². The SMILES string of the molecule is CCCCCCCCC(C)C(=O)CN. The Bertz CT molecular complexity index is 145. The molecule has 1 atom stereocenters. The van der Waals surface area contributed by atoms with Crippen molar-refractivity contribution < 1.29 is 4.79 Å². The first-order chi connectivity index (χ1) is 6.72. The van der Waals surface area contributed by atoms with E-state index in [0.717, 1.165) is 6.42 Å². The number of Topliss-reactive ketones (excluding diaryl/α,β-unsaturated/α-hetero) is 1. The highest BCUT2D eigenvalue weighted by Crippen LogP contribution is 2.12. The van der Waals surface area contributed by atoms with Crippen LogP contribution in [0.5, 0.6) is 0 Å². The standard InChI is InChI=1S/C12H25NO/c1-3-4-5-6-7-8-9-11(2)12(14)10-13/h11H,3-10,13H2,1-2H3. The highest BCUT2D eigenvalue weighted by atomic mass is 16.1. The van der Waals surface area contributed by atoms with Crippen LogP contribution in [0, 0.1) is 5.92 Å². The Balaban J connectivity index is 3.23. The van der Waals surface area contributed by atoms with E-state index < -0.39 is 0 Å². The lowest BCUT2D eigenvalue weighted by molar-refractivity contribution is -0.121. The van der Waals surface area contributed by atoms with Crippen LogP contribution in [-0.2, 0) is 4.79 Å². The number of hydrogen-bond acceptors (Lipinski definition) is 2. The molecule has 0 radical (unpaired) electrons. The summed E-state index contributed by atoms with van der Waals surface area (Å²) in [5, 5.41) is 0. The Morgan fingerprint density at radius 3 is 2.29 bits per heavy atom. The second kappa shape index (κ2) is 9.20. The predicted molar refractivity (Wildman–Crippen MR) is 61.2 cm³/mol. The van der Waals surface area contributed by atoms with Gasteiger partial charge >= 0.3 is 0 Å². The van der Waals surface area contributed by atoms with Gasteiger partial charge in [0.05, 0.1) is 6.54 Å². The quantitative estimate of drug-likeness (QED) is 0.580. The average Bonchev–Trinajstić information content (AvgIpc) is 2.21. The van der Waals surface area contributed by atoms with Gasteiger partial charge in [-0.2, -0.15) is 0 Å². The Labute approximate surface area is 88.3 Å². The summed E-state index contributed by atoms with van der Waals surface area (Å²) in [7, 11) is 0. The Kier molecular flexibility index (Phi) is 8.95. The predicted octanol–water partition coefficient (Wildman–Crippen LogP) is 2.90. The van der Waals surface area contributed by atoms with E-state index in [4.69, 9.17) is 5.73 Å². The van der Waals surface area contributed by atoms with Crippen molar-refractivity contribution in [2.45, 2.75) is 58.8 Å². The summed E-state index contributed by atoms with van der Waals surface area (Å²) >= 11 is 0. The van der Waals surface area contributed by atoms with E-state index >= 15 is 0 Å². The lowest BCUT2D eigenvalue weighted by Gasteiger charge is -2.08. The Morgan fingerprint density at radius 1 is 1.14 bits per heavy atom. The van der Waals surface area contributed by atoms with Crippen molar-refractivity contribution in [3.05, 3.63) is 0 Å². The van der Waals surface area contributed by atoms with Crippen LogP contribution in [-0.4, -0.2) is 12.3 Å². The van der Waals surface area contributed by atoms with Gasteiger partial charge in [0.1, 0.15) is 5.78 Å².